The maximum Gasteiger partial charge on any atom is 0.129 e. The van der Waals surface area contributed by atoms with Gasteiger partial charge in [-0.05, 0) is 52.3 Å². The van der Waals surface area contributed by atoms with E-state index in [1.165, 1.54) is 0 Å². The summed E-state index contributed by atoms with van der Waals surface area (Å²) in [7, 11) is 0. The van der Waals surface area contributed by atoms with Crippen molar-refractivity contribution in [3.63, 3.8) is 0 Å². The Bertz CT molecular complexity index is 798. The van der Waals surface area contributed by atoms with Crippen molar-refractivity contribution >= 4 is 61.8 Å². The maximum atomic E-state index is 6.02. The minimum atomic E-state index is 0.307. The van der Waals surface area contributed by atoms with Gasteiger partial charge in [0.1, 0.15) is 5.82 Å². The Labute approximate surface area is 139 Å². The van der Waals surface area contributed by atoms with E-state index in [9.17, 15) is 0 Å². The monoisotopic (exact) mass is 388 g/mol. The Morgan fingerprint density at radius 2 is 1.75 bits per heavy atom. The molecule has 6 heteroatoms. The number of benzene rings is 2. The van der Waals surface area contributed by atoms with Gasteiger partial charge in [-0.2, -0.15) is 0 Å². The van der Waals surface area contributed by atoms with Gasteiger partial charge in [0.25, 0.3) is 0 Å². The molecule has 0 aliphatic rings. The summed E-state index contributed by atoms with van der Waals surface area (Å²) < 4.78 is 2.88. The zero-order valence-electron chi connectivity index (χ0n) is 10.1. The van der Waals surface area contributed by atoms with Crippen LogP contribution in [0.25, 0.3) is 16.7 Å². The molecule has 0 fully saturated rings. The van der Waals surface area contributed by atoms with Gasteiger partial charge in [-0.1, -0.05) is 23.2 Å². The van der Waals surface area contributed by atoms with Gasteiger partial charge in [-0.25, -0.2) is 4.98 Å². The number of rotatable bonds is 2. The normalized spacial score (nSPS) is 11.2. The highest BCUT2D eigenvalue weighted by Crippen LogP contribution is 2.30. The van der Waals surface area contributed by atoms with Gasteiger partial charge in [0.05, 0.1) is 22.6 Å². The molecule has 0 unspecified atom stereocenters. The van der Waals surface area contributed by atoms with Crippen LogP contribution in [0.1, 0.15) is 5.82 Å². The topological polar surface area (TPSA) is 17.8 Å². The first-order chi connectivity index (χ1) is 9.60. The first-order valence-electron chi connectivity index (χ1n) is 5.78. The summed E-state index contributed by atoms with van der Waals surface area (Å²) in [6.07, 6.45) is 0. The van der Waals surface area contributed by atoms with Crippen molar-refractivity contribution in [1.29, 1.82) is 0 Å². The molecule has 20 heavy (non-hydrogen) atoms. The molecule has 0 radical (unpaired) electrons. The zero-order chi connectivity index (χ0) is 14.3. The van der Waals surface area contributed by atoms with Crippen LogP contribution < -0.4 is 0 Å². The molecule has 1 aromatic heterocycles. The molecule has 0 N–H and O–H groups in total. The van der Waals surface area contributed by atoms with E-state index in [4.69, 9.17) is 34.8 Å². The Morgan fingerprint density at radius 3 is 2.45 bits per heavy atom. The summed E-state index contributed by atoms with van der Waals surface area (Å²) in [4.78, 5) is 4.52. The molecule has 102 valence electrons. The number of fused-ring (bicyclic) bond motifs is 1. The Hall–Kier alpha value is -0.740. The van der Waals surface area contributed by atoms with Crippen molar-refractivity contribution in [3.05, 3.63) is 56.7 Å². The predicted molar refractivity (Wildman–Crippen MR) is 88.3 cm³/mol. The van der Waals surface area contributed by atoms with Crippen molar-refractivity contribution in [2.75, 3.05) is 0 Å². The lowest BCUT2D eigenvalue weighted by Gasteiger charge is -2.10. The molecule has 3 aromatic rings. The van der Waals surface area contributed by atoms with E-state index in [0.29, 0.717) is 15.9 Å². The summed E-state index contributed by atoms with van der Waals surface area (Å²) in [5.41, 5.74) is 2.71. The molecule has 0 aliphatic carbocycles. The second-order valence-electron chi connectivity index (χ2n) is 4.23. The van der Waals surface area contributed by atoms with E-state index in [1.807, 2.05) is 41.0 Å². The number of halogens is 4. The second-order valence-corrected chi connectivity index (χ2v) is 6.22. The minimum Gasteiger partial charge on any atom is -0.294 e. The molecule has 1 heterocycles. The van der Waals surface area contributed by atoms with Crippen molar-refractivity contribution in [2.24, 2.45) is 0 Å². The molecular formula is C14H8BrCl3N2. The van der Waals surface area contributed by atoms with Crippen molar-refractivity contribution in [3.8, 4) is 5.69 Å². The van der Waals surface area contributed by atoms with Gasteiger partial charge < -0.3 is 0 Å². The largest absolute Gasteiger partial charge is 0.294 e. The lowest BCUT2D eigenvalue weighted by Crippen LogP contribution is -2.00. The van der Waals surface area contributed by atoms with Gasteiger partial charge in [0, 0.05) is 14.5 Å². The van der Waals surface area contributed by atoms with Crippen LogP contribution in [0.3, 0.4) is 0 Å². The molecule has 0 saturated heterocycles. The molecule has 0 atom stereocenters. The van der Waals surface area contributed by atoms with Gasteiger partial charge in [-0.3, -0.25) is 4.57 Å². The van der Waals surface area contributed by atoms with E-state index >= 15 is 0 Å². The SMILES string of the molecule is ClCc1nc2cc(Cl)ccc2n1-c1ccc(Cl)cc1Br. The van der Waals surface area contributed by atoms with Crippen molar-refractivity contribution < 1.29 is 0 Å². The summed E-state index contributed by atoms with van der Waals surface area (Å²) in [5, 5.41) is 1.32. The first-order valence-corrected chi connectivity index (χ1v) is 7.87. The van der Waals surface area contributed by atoms with Gasteiger partial charge >= 0.3 is 0 Å². The highest BCUT2D eigenvalue weighted by Gasteiger charge is 2.14. The standard InChI is InChI=1S/C14H8BrCl3N2/c15-10-5-8(17)1-3-12(10)20-13-4-2-9(18)6-11(13)19-14(20)7-16/h1-6H,7H2. The van der Waals surface area contributed by atoms with Crippen LogP contribution in [-0.4, -0.2) is 9.55 Å². The van der Waals surface area contributed by atoms with Crippen LogP contribution >= 0.6 is 50.7 Å². The Kier molecular flexibility index (Phi) is 3.95. The second kappa shape index (κ2) is 5.57. The molecule has 0 bridgehead atoms. The van der Waals surface area contributed by atoms with Crippen LogP contribution in [0.5, 0.6) is 0 Å². The fourth-order valence-corrected chi connectivity index (χ4v) is 3.33. The number of hydrogen-bond acceptors (Lipinski definition) is 1. The Morgan fingerprint density at radius 1 is 1.05 bits per heavy atom. The number of aromatic nitrogens is 2. The quantitative estimate of drug-likeness (QED) is 0.503. The van der Waals surface area contributed by atoms with Crippen molar-refractivity contribution in [2.45, 2.75) is 5.88 Å². The van der Waals surface area contributed by atoms with E-state index < -0.39 is 0 Å². The molecule has 3 rings (SSSR count). The van der Waals surface area contributed by atoms with Crippen LogP contribution in [-0.2, 0) is 5.88 Å². The third-order valence-electron chi connectivity index (χ3n) is 2.96. The van der Waals surface area contributed by atoms with Crippen LogP contribution in [0.15, 0.2) is 40.9 Å². The summed E-state index contributed by atoms with van der Waals surface area (Å²) >= 11 is 21.6. The smallest absolute Gasteiger partial charge is 0.129 e. The highest BCUT2D eigenvalue weighted by molar-refractivity contribution is 9.10. The molecular weight excluding hydrogens is 382 g/mol. The summed E-state index contributed by atoms with van der Waals surface area (Å²) in [6, 6.07) is 11.2. The highest BCUT2D eigenvalue weighted by atomic mass is 79.9. The summed E-state index contributed by atoms with van der Waals surface area (Å²) in [6.45, 7) is 0. The third kappa shape index (κ3) is 2.44. The molecule has 0 spiro atoms. The number of alkyl halides is 1. The fourth-order valence-electron chi connectivity index (χ4n) is 2.12. The molecule has 2 aromatic carbocycles. The van der Waals surface area contributed by atoms with Gasteiger partial charge in [-0.15, -0.1) is 11.6 Å². The first kappa shape index (κ1) is 14.2. The Balaban J connectivity index is 2.34. The number of imidazole rings is 1. The lowest BCUT2D eigenvalue weighted by atomic mass is 10.2. The molecule has 0 amide bonds. The van der Waals surface area contributed by atoms with Gasteiger partial charge in [0.2, 0.25) is 0 Å². The van der Waals surface area contributed by atoms with Crippen LogP contribution in [0.4, 0.5) is 0 Å². The van der Waals surface area contributed by atoms with E-state index in [-0.39, 0.29) is 0 Å². The van der Waals surface area contributed by atoms with Crippen molar-refractivity contribution in [1.82, 2.24) is 9.55 Å². The van der Waals surface area contributed by atoms with Crippen LogP contribution in [0, 0.1) is 0 Å². The molecule has 2 nitrogen and oxygen atoms in total. The minimum absolute atomic E-state index is 0.307. The molecule has 0 aliphatic heterocycles. The molecule has 0 saturated carbocycles. The van der Waals surface area contributed by atoms with Gasteiger partial charge in [0.15, 0.2) is 0 Å². The van der Waals surface area contributed by atoms with Crippen LogP contribution in [0.2, 0.25) is 10.0 Å². The maximum absolute atomic E-state index is 6.02. The van der Waals surface area contributed by atoms with E-state index in [2.05, 4.69) is 20.9 Å². The van der Waals surface area contributed by atoms with E-state index in [1.54, 1.807) is 0 Å². The fraction of sp³-hybridized carbons (Fsp3) is 0.0714. The summed E-state index contributed by atoms with van der Waals surface area (Å²) in [5.74, 6) is 1.06. The average Bonchev–Trinajstić information content (AvgIpc) is 2.76. The third-order valence-corrected chi connectivity index (χ3v) is 4.30. The number of nitrogens with zero attached hydrogens (tertiary/aromatic N) is 2. The average molecular weight is 390 g/mol. The predicted octanol–water partition coefficient (Wildman–Crippen LogP) is 5.83. The zero-order valence-corrected chi connectivity index (χ0v) is 13.9. The number of hydrogen-bond donors (Lipinski definition) is 0. The van der Waals surface area contributed by atoms with E-state index in [0.717, 1.165) is 27.0 Å². The lowest BCUT2D eigenvalue weighted by molar-refractivity contribution is 0.977.